The van der Waals surface area contributed by atoms with Gasteiger partial charge in [0.2, 0.25) is 0 Å². The summed E-state index contributed by atoms with van der Waals surface area (Å²) in [4.78, 5) is 7.24. The van der Waals surface area contributed by atoms with Crippen molar-refractivity contribution in [2.45, 2.75) is 71.9 Å². The number of anilines is 1. The summed E-state index contributed by atoms with van der Waals surface area (Å²) >= 11 is 0. The highest BCUT2D eigenvalue weighted by Gasteiger charge is 2.48. The van der Waals surface area contributed by atoms with Crippen molar-refractivity contribution < 1.29 is 4.39 Å². The first-order chi connectivity index (χ1) is 19.0. The number of rotatable bonds is 8. The Morgan fingerprint density at radius 3 is 2.59 bits per heavy atom. The Morgan fingerprint density at radius 2 is 1.87 bits per heavy atom. The SMILES string of the molecule is CCCC(CC)Cn1ncc(-c2ccc(N3CCC(C4C5=C(F)CC=CC5C5=CN(C)CN54)CC3)cc2)c1C. The van der Waals surface area contributed by atoms with Crippen molar-refractivity contribution in [2.75, 3.05) is 31.7 Å². The van der Waals surface area contributed by atoms with Crippen LogP contribution in [0.2, 0.25) is 0 Å². The summed E-state index contributed by atoms with van der Waals surface area (Å²) in [5, 5.41) is 4.74. The largest absolute Gasteiger partial charge is 0.372 e. The van der Waals surface area contributed by atoms with E-state index >= 15 is 4.39 Å². The van der Waals surface area contributed by atoms with E-state index in [1.165, 1.54) is 47.5 Å². The number of aromatic nitrogens is 2. The molecule has 2 fully saturated rings. The van der Waals surface area contributed by atoms with Gasteiger partial charge in [0.05, 0.1) is 18.9 Å². The van der Waals surface area contributed by atoms with E-state index in [2.05, 4.69) is 83.7 Å². The van der Waals surface area contributed by atoms with Crippen molar-refractivity contribution in [1.29, 1.82) is 0 Å². The molecule has 2 aromatic rings. The minimum atomic E-state index is 0.109. The molecule has 5 nitrogen and oxygen atoms in total. The molecule has 6 rings (SSSR count). The number of hydrogen-bond acceptors (Lipinski definition) is 4. The van der Waals surface area contributed by atoms with Gasteiger partial charge in [-0.15, -0.1) is 0 Å². The molecule has 0 N–H and O–H groups in total. The van der Waals surface area contributed by atoms with Crippen molar-refractivity contribution >= 4 is 5.69 Å². The number of allylic oxidation sites excluding steroid dienone is 3. The minimum Gasteiger partial charge on any atom is -0.372 e. The van der Waals surface area contributed by atoms with Crippen molar-refractivity contribution in [3.8, 4) is 11.1 Å². The Balaban J connectivity index is 1.12. The fourth-order valence-electron chi connectivity index (χ4n) is 7.46. The lowest BCUT2D eigenvalue weighted by Gasteiger charge is -2.40. The highest BCUT2D eigenvalue weighted by atomic mass is 19.1. The summed E-state index contributed by atoms with van der Waals surface area (Å²) in [7, 11) is 2.13. The van der Waals surface area contributed by atoms with Crippen LogP contribution in [0.25, 0.3) is 11.1 Å². The Labute approximate surface area is 233 Å². The predicted molar refractivity (Wildman–Crippen MR) is 158 cm³/mol. The molecule has 3 aliphatic heterocycles. The molecule has 2 saturated heterocycles. The predicted octanol–water partition coefficient (Wildman–Crippen LogP) is 7.13. The highest BCUT2D eigenvalue weighted by Crippen LogP contribution is 2.49. The van der Waals surface area contributed by atoms with Gasteiger partial charge in [-0.05, 0) is 61.3 Å². The maximum atomic E-state index is 15.2. The molecule has 0 saturated carbocycles. The molecule has 0 amide bonds. The van der Waals surface area contributed by atoms with Crippen LogP contribution in [0.3, 0.4) is 0 Å². The van der Waals surface area contributed by atoms with Crippen LogP contribution in [0, 0.1) is 24.7 Å². The van der Waals surface area contributed by atoms with Gasteiger partial charge in [0.1, 0.15) is 5.83 Å². The summed E-state index contributed by atoms with van der Waals surface area (Å²) in [5.41, 5.74) is 7.36. The lowest BCUT2D eigenvalue weighted by molar-refractivity contribution is 0.185. The van der Waals surface area contributed by atoms with E-state index < -0.39 is 0 Å². The van der Waals surface area contributed by atoms with E-state index in [1.54, 1.807) is 0 Å². The molecule has 4 aliphatic rings. The average molecular weight is 530 g/mol. The molecular weight excluding hydrogens is 485 g/mol. The van der Waals surface area contributed by atoms with Crippen LogP contribution >= 0.6 is 0 Å². The first-order valence-electron chi connectivity index (χ1n) is 15.1. The molecule has 208 valence electrons. The third-order valence-corrected chi connectivity index (χ3v) is 9.64. The van der Waals surface area contributed by atoms with Crippen molar-refractivity contribution in [3.63, 3.8) is 0 Å². The number of fused-ring (bicyclic) bond motifs is 3. The topological polar surface area (TPSA) is 27.5 Å². The van der Waals surface area contributed by atoms with Crippen LogP contribution in [-0.2, 0) is 6.54 Å². The molecule has 1 aliphatic carbocycles. The van der Waals surface area contributed by atoms with Crippen LogP contribution in [0.4, 0.5) is 10.1 Å². The van der Waals surface area contributed by atoms with Gasteiger partial charge in [-0.2, -0.15) is 5.10 Å². The summed E-state index contributed by atoms with van der Waals surface area (Å²) < 4.78 is 17.4. The highest BCUT2D eigenvalue weighted by molar-refractivity contribution is 5.68. The monoisotopic (exact) mass is 529 g/mol. The second kappa shape index (κ2) is 10.9. The molecular formula is C33H44FN5. The maximum absolute atomic E-state index is 15.2. The zero-order valence-corrected chi connectivity index (χ0v) is 24.1. The Kier molecular flexibility index (Phi) is 7.30. The van der Waals surface area contributed by atoms with Gasteiger partial charge in [-0.3, -0.25) is 4.68 Å². The third kappa shape index (κ3) is 4.81. The normalized spacial score (nSPS) is 23.9. The van der Waals surface area contributed by atoms with Gasteiger partial charge < -0.3 is 14.7 Å². The molecule has 6 heteroatoms. The van der Waals surface area contributed by atoms with Crippen molar-refractivity contribution in [2.24, 2.45) is 17.8 Å². The van der Waals surface area contributed by atoms with Crippen LogP contribution in [0.1, 0.15) is 58.1 Å². The lowest BCUT2D eigenvalue weighted by Crippen LogP contribution is -2.43. The van der Waals surface area contributed by atoms with E-state index in [1.807, 2.05) is 12.3 Å². The van der Waals surface area contributed by atoms with Gasteiger partial charge >= 0.3 is 0 Å². The standard InChI is InChI=1S/C33H44FN5/c1-5-8-24(6-2)20-39-23(3)29(19-35-39)25-11-13-27(14-12-25)37-17-15-26(16-18-37)33-32-28(9-7-10-30(32)34)31-21-36(4)22-38(31)33/h7,9,11-14,19,21,24,26,28,33H,5-6,8,10,15-18,20,22H2,1-4H3. The Morgan fingerprint density at radius 1 is 1.10 bits per heavy atom. The van der Waals surface area contributed by atoms with Crippen molar-refractivity contribution in [3.05, 3.63) is 71.6 Å². The van der Waals surface area contributed by atoms with Gasteiger partial charge in [-0.25, -0.2) is 4.39 Å². The summed E-state index contributed by atoms with van der Waals surface area (Å²) in [6, 6.07) is 9.26. The zero-order valence-electron chi connectivity index (χ0n) is 24.1. The Bertz CT molecular complexity index is 1260. The molecule has 0 bridgehead atoms. The van der Waals surface area contributed by atoms with Crippen LogP contribution < -0.4 is 4.90 Å². The fraction of sp³-hybridized carbons (Fsp3) is 0.545. The second-order valence-electron chi connectivity index (χ2n) is 12.1. The number of nitrogens with zero attached hydrogens (tertiary/aromatic N) is 5. The first kappa shape index (κ1) is 26.2. The molecule has 3 atom stereocenters. The second-order valence-corrected chi connectivity index (χ2v) is 12.1. The van der Waals surface area contributed by atoms with Gasteiger partial charge in [0, 0.05) is 67.9 Å². The quantitative estimate of drug-likeness (QED) is 0.340. The summed E-state index contributed by atoms with van der Waals surface area (Å²) in [5.74, 6) is 1.42. The van der Waals surface area contributed by atoms with E-state index in [9.17, 15) is 0 Å². The zero-order chi connectivity index (χ0) is 27.1. The van der Waals surface area contributed by atoms with Crippen LogP contribution in [0.15, 0.2) is 65.9 Å². The number of halogens is 1. The molecule has 1 aromatic carbocycles. The maximum Gasteiger partial charge on any atom is 0.106 e. The fourth-order valence-corrected chi connectivity index (χ4v) is 7.46. The molecule has 0 spiro atoms. The molecule has 4 heterocycles. The minimum absolute atomic E-state index is 0.109. The van der Waals surface area contributed by atoms with E-state index in [4.69, 9.17) is 5.10 Å². The number of hydrogen-bond donors (Lipinski definition) is 0. The van der Waals surface area contributed by atoms with E-state index in [0.717, 1.165) is 44.7 Å². The van der Waals surface area contributed by atoms with E-state index in [-0.39, 0.29) is 17.8 Å². The van der Waals surface area contributed by atoms with E-state index in [0.29, 0.717) is 18.3 Å². The molecule has 39 heavy (non-hydrogen) atoms. The average Bonchev–Trinajstić information content (AvgIpc) is 3.60. The summed E-state index contributed by atoms with van der Waals surface area (Å²) in [6.45, 7) is 10.7. The molecule has 1 aromatic heterocycles. The van der Waals surface area contributed by atoms with Gasteiger partial charge in [0.25, 0.3) is 0 Å². The number of piperidine rings is 1. The van der Waals surface area contributed by atoms with Crippen molar-refractivity contribution in [1.82, 2.24) is 19.6 Å². The van der Waals surface area contributed by atoms with Gasteiger partial charge in [-0.1, -0.05) is 51.0 Å². The molecule has 3 unspecified atom stereocenters. The first-order valence-corrected chi connectivity index (χ1v) is 15.1. The Hall–Kier alpha value is -3.02. The van der Waals surface area contributed by atoms with Crippen LogP contribution in [0.5, 0.6) is 0 Å². The molecule has 0 radical (unpaired) electrons. The van der Waals surface area contributed by atoms with Gasteiger partial charge in [0.15, 0.2) is 0 Å². The number of benzene rings is 1. The smallest absolute Gasteiger partial charge is 0.106 e. The summed E-state index contributed by atoms with van der Waals surface area (Å²) in [6.07, 6.45) is 14.8. The lowest BCUT2D eigenvalue weighted by atomic mass is 9.80. The van der Waals surface area contributed by atoms with Crippen LogP contribution in [-0.4, -0.2) is 52.4 Å². The third-order valence-electron chi connectivity index (χ3n) is 9.64.